The molecule has 33 heavy (non-hydrogen) atoms. The summed E-state index contributed by atoms with van der Waals surface area (Å²) in [6.45, 7) is 12.6. The molecular formula is C24H30F2N4O3. The molecule has 0 N–H and O–H groups in total. The molecule has 0 spiro atoms. The fourth-order valence-electron chi connectivity index (χ4n) is 3.08. The van der Waals surface area contributed by atoms with Crippen molar-refractivity contribution in [1.82, 2.24) is 14.9 Å². The average Bonchev–Trinajstić information content (AvgIpc) is 2.77. The van der Waals surface area contributed by atoms with Crippen molar-refractivity contribution >= 4 is 17.6 Å². The molecule has 7 nitrogen and oxygen atoms in total. The van der Waals surface area contributed by atoms with Crippen LogP contribution in [-0.2, 0) is 10.7 Å². The first kappa shape index (κ1) is 25.9. The molecule has 0 radical (unpaired) electrons. The van der Waals surface area contributed by atoms with Crippen LogP contribution in [0, 0.1) is 6.92 Å². The van der Waals surface area contributed by atoms with Crippen LogP contribution >= 0.6 is 0 Å². The molecule has 0 aliphatic heterocycles. The quantitative estimate of drug-likeness (QED) is 0.303. The number of ether oxygens (including phenoxy) is 2. The lowest BCUT2D eigenvalue weighted by atomic mass is 10.0. The van der Waals surface area contributed by atoms with E-state index in [-0.39, 0.29) is 24.4 Å². The molecule has 0 saturated heterocycles. The molecular weight excluding hydrogens is 430 g/mol. The van der Waals surface area contributed by atoms with Gasteiger partial charge in [0, 0.05) is 33.0 Å². The number of aliphatic imine (C=N–C) groups is 1. The molecule has 178 valence electrons. The first-order valence-electron chi connectivity index (χ1n) is 10.5. The molecule has 1 aromatic carbocycles. The highest BCUT2D eigenvalue weighted by Crippen LogP contribution is 2.25. The maximum absolute atomic E-state index is 13.4. The van der Waals surface area contributed by atoms with Crippen LogP contribution in [0.4, 0.5) is 8.78 Å². The number of hydrogen-bond acceptors (Lipinski definition) is 6. The van der Waals surface area contributed by atoms with Crippen molar-refractivity contribution in [2.45, 2.75) is 46.6 Å². The summed E-state index contributed by atoms with van der Waals surface area (Å²) >= 11 is 0. The van der Waals surface area contributed by atoms with Crippen molar-refractivity contribution in [3.05, 3.63) is 59.6 Å². The minimum absolute atomic E-state index is 0.102. The van der Waals surface area contributed by atoms with Crippen LogP contribution in [0.25, 0.3) is 5.76 Å². The summed E-state index contributed by atoms with van der Waals surface area (Å²) in [5.41, 5.74) is 1.54. The van der Waals surface area contributed by atoms with Crippen molar-refractivity contribution in [3.63, 3.8) is 0 Å². The van der Waals surface area contributed by atoms with Crippen LogP contribution < -0.4 is 4.74 Å². The van der Waals surface area contributed by atoms with E-state index in [1.807, 2.05) is 32.9 Å². The second kappa shape index (κ2) is 11.0. The van der Waals surface area contributed by atoms with Crippen molar-refractivity contribution in [2.75, 3.05) is 20.2 Å². The summed E-state index contributed by atoms with van der Waals surface area (Å²) in [4.78, 5) is 26.6. The number of aryl methyl sites for hydroxylation is 1. The lowest BCUT2D eigenvalue weighted by Crippen LogP contribution is -2.42. The molecule has 1 amide bonds. The number of nitrogens with zero attached hydrogens (tertiary/aromatic N) is 4. The predicted octanol–water partition coefficient (Wildman–Crippen LogP) is 4.86. The second-order valence-electron chi connectivity index (χ2n) is 7.70. The Labute approximate surface area is 193 Å². The molecule has 9 heteroatoms. The van der Waals surface area contributed by atoms with Crippen LogP contribution in [0.2, 0.25) is 0 Å². The molecule has 0 bridgehead atoms. The van der Waals surface area contributed by atoms with Crippen molar-refractivity contribution < 1.29 is 23.0 Å². The van der Waals surface area contributed by atoms with Crippen LogP contribution in [0.5, 0.6) is 5.88 Å². The maximum atomic E-state index is 13.4. The Hall–Kier alpha value is -3.36. The van der Waals surface area contributed by atoms with Crippen molar-refractivity contribution in [3.8, 4) is 5.88 Å². The number of likely N-dealkylation sites (N-methyl/N-ethyl adjacent to an activating group) is 1. The first-order chi connectivity index (χ1) is 15.5. The zero-order chi connectivity index (χ0) is 24.8. The summed E-state index contributed by atoms with van der Waals surface area (Å²) < 4.78 is 37.8. The number of alkyl halides is 2. The lowest BCUT2D eigenvalue weighted by molar-refractivity contribution is 0.0121. The Balaban J connectivity index is 2.18. The molecule has 1 atom stereocenters. The molecule has 2 rings (SSSR count). The number of carbonyl (C=O) groups is 1. The van der Waals surface area contributed by atoms with E-state index in [1.54, 1.807) is 24.9 Å². The number of amides is 1. The van der Waals surface area contributed by atoms with E-state index in [0.717, 1.165) is 24.9 Å². The molecule has 0 aliphatic rings. The highest BCUT2D eigenvalue weighted by molar-refractivity contribution is 5.99. The van der Waals surface area contributed by atoms with Gasteiger partial charge in [-0.25, -0.2) is 9.97 Å². The summed E-state index contributed by atoms with van der Waals surface area (Å²) in [7, 11) is 1.61. The lowest BCUT2D eigenvalue weighted by Gasteiger charge is -2.29. The molecule has 1 unspecified atom stereocenters. The van der Waals surface area contributed by atoms with Gasteiger partial charge in [-0.1, -0.05) is 18.2 Å². The van der Waals surface area contributed by atoms with Gasteiger partial charge >= 0.3 is 0 Å². The van der Waals surface area contributed by atoms with E-state index in [0.29, 0.717) is 29.3 Å². The smallest absolute Gasteiger partial charge is 0.288 e. The summed E-state index contributed by atoms with van der Waals surface area (Å²) in [6.07, 6.45) is 2.13. The Kier molecular flexibility index (Phi) is 8.62. The fraction of sp³-hybridized carbons (Fsp3) is 0.417. The number of carbonyl (C=O) groups excluding carboxylic acids is 1. The van der Waals surface area contributed by atoms with E-state index in [9.17, 15) is 13.6 Å². The van der Waals surface area contributed by atoms with Gasteiger partial charge in [0.2, 0.25) is 5.88 Å². The summed E-state index contributed by atoms with van der Waals surface area (Å²) in [5, 5.41) is 0. The molecule has 0 fully saturated rings. The average molecular weight is 461 g/mol. The predicted molar refractivity (Wildman–Crippen MR) is 124 cm³/mol. The summed E-state index contributed by atoms with van der Waals surface area (Å²) in [5.74, 6) is -2.43. The number of aromatic nitrogens is 2. The molecule has 0 saturated carbocycles. The minimum Gasteiger partial charge on any atom is -0.474 e. The zero-order valence-electron chi connectivity index (χ0n) is 19.9. The van der Waals surface area contributed by atoms with Gasteiger partial charge in [0.15, 0.2) is 5.90 Å². The highest BCUT2D eigenvalue weighted by atomic mass is 19.3. The normalized spacial score (nSPS) is 12.8. The monoisotopic (exact) mass is 460 g/mol. The van der Waals surface area contributed by atoms with Crippen LogP contribution in [-0.4, -0.2) is 52.9 Å². The third-order valence-electron chi connectivity index (χ3n) is 4.98. The zero-order valence-corrected chi connectivity index (χ0v) is 19.9. The Morgan fingerprint density at radius 1 is 1.27 bits per heavy atom. The largest absolute Gasteiger partial charge is 0.474 e. The molecule has 2 aromatic rings. The SMILES string of the molecule is C=C(O/C(C)=N\C)c1cc(C)ccc1C(=O)N(CC)C(C)COc1cnc(C(C)(F)F)cn1. The van der Waals surface area contributed by atoms with Crippen molar-refractivity contribution in [1.29, 1.82) is 0 Å². The van der Waals surface area contributed by atoms with Crippen LogP contribution in [0.3, 0.4) is 0 Å². The van der Waals surface area contributed by atoms with Gasteiger partial charge in [0.25, 0.3) is 11.8 Å². The third kappa shape index (κ3) is 6.81. The molecule has 1 aromatic heterocycles. The van der Waals surface area contributed by atoms with Crippen LogP contribution in [0.1, 0.15) is 54.9 Å². The Morgan fingerprint density at radius 3 is 2.52 bits per heavy atom. The summed E-state index contributed by atoms with van der Waals surface area (Å²) in [6, 6.07) is 5.10. The van der Waals surface area contributed by atoms with Gasteiger partial charge in [-0.05, 0) is 32.9 Å². The second-order valence-corrected chi connectivity index (χ2v) is 7.70. The van der Waals surface area contributed by atoms with Gasteiger partial charge in [-0.3, -0.25) is 9.79 Å². The number of halogens is 2. The highest BCUT2D eigenvalue weighted by Gasteiger charge is 2.27. The number of rotatable bonds is 9. The van der Waals surface area contributed by atoms with E-state index in [2.05, 4.69) is 21.5 Å². The Morgan fingerprint density at radius 2 is 1.97 bits per heavy atom. The first-order valence-corrected chi connectivity index (χ1v) is 10.5. The van der Waals surface area contributed by atoms with Gasteiger partial charge in [0.1, 0.15) is 18.1 Å². The maximum Gasteiger partial charge on any atom is 0.288 e. The van der Waals surface area contributed by atoms with E-state index in [4.69, 9.17) is 9.47 Å². The molecule has 1 heterocycles. The topological polar surface area (TPSA) is 76.9 Å². The standard InChI is InChI=1S/C24H30F2N4O3/c1-8-30(16(3)14-32-22-13-28-21(12-29-22)24(6,25)26)23(31)19-10-9-15(2)11-20(19)17(4)33-18(5)27-7/h9-13,16H,4,8,14H2,1-3,5-7H3/b27-18-. The minimum atomic E-state index is -3.08. The van der Waals surface area contributed by atoms with Gasteiger partial charge in [-0.2, -0.15) is 8.78 Å². The van der Waals surface area contributed by atoms with E-state index >= 15 is 0 Å². The van der Waals surface area contributed by atoms with Gasteiger partial charge in [0.05, 0.1) is 24.0 Å². The number of benzene rings is 1. The van der Waals surface area contributed by atoms with Crippen LogP contribution in [0.15, 0.2) is 42.2 Å². The fourth-order valence-corrected chi connectivity index (χ4v) is 3.08. The van der Waals surface area contributed by atoms with E-state index < -0.39 is 11.6 Å². The number of hydrogen-bond donors (Lipinski definition) is 0. The van der Waals surface area contributed by atoms with Gasteiger partial charge < -0.3 is 14.4 Å². The van der Waals surface area contributed by atoms with Gasteiger partial charge in [-0.15, -0.1) is 0 Å². The Bertz CT molecular complexity index is 1020. The van der Waals surface area contributed by atoms with Crippen molar-refractivity contribution in [2.24, 2.45) is 4.99 Å². The molecule has 0 aliphatic carbocycles. The third-order valence-corrected chi connectivity index (χ3v) is 4.98. The van der Waals surface area contributed by atoms with E-state index in [1.165, 1.54) is 0 Å².